The van der Waals surface area contributed by atoms with Crippen LogP contribution in [0.5, 0.6) is 0 Å². The second-order valence-corrected chi connectivity index (χ2v) is 5.95. The summed E-state index contributed by atoms with van der Waals surface area (Å²) in [5.41, 5.74) is 2.23. The molecule has 0 aromatic heterocycles. The maximum Gasteiger partial charge on any atom is 0.227 e. The summed E-state index contributed by atoms with van der Waals surface area (Å²) in [6, 6.07) is 8.21. The van der Waals surface area contributed by atoms with Crippen LogP contribution in [0, 0.1) is 12.8 Å². The molecule has 1 aromatic rings. The summed E-state index contributed by atoms with van der Waals surface area (Å²) in [5, 5.41) is 0. The number of amides is 1. The van der Waals surface area contributed by atoms with Gasteiger partial charge in [-0.05, 0) is 63.9 Å². The molecule has 1 fully saturated rings. The van der Waals surface area contributed by atoms with E-state index in [0.717, 1.165) is 18.8 Å². The van der Waals surface area contributed by atoms with Gasteiger partial charge in [0.1, 0.15) is 0 Å². The number of anilines is 1. The van der Waals surface area contributed by atoms with E-state index in [-0.39, 0.29) is 5.91 Å². The van der Waals surface area contributed by atoms with E-state index in [1.54, 1.807) is 0 Å². The largest absolute Gasteiger partial charge is 0.313 e. The third-order valence-corrected chi connectivity index (χ3v) is 4.12. The number of carbonyl (C=O) groups excluding carboxylic acids is 1. The fraction of sp³-hybridized carbons (Fsp3) is 0.588. The van der Waals surface area contributed by atoms with Gasteiger partial charge in [0, 0.05) is 25.2 Å². The quantitative estimate of drug-likeness (QED) is 0.842. The molecule has 2 rings (SSSR count). The number of rotatable bonds is 4. The van der Waals surface area contributed by atoms with E-state index < -0.39 is 0 Å². The fourth-order valence-corrected chi connectivity index (χ4v) is 3.10. The Morgan fingerprint density at radius 2 is 2.25 bits per heavy atom. The molecule has 1 unspecified atom stereocenters. The molecule has 1 aromatic carbocycles. The zero-order valence-corrected chi connectivity index (χ0v) is 12.9. The molecule has 3 heteroatoms. The van der Waals surface area contributed by atoms with E-state index in [4.69, 9.17) is 0 Å². The van der Waals surface area contributed by atoms with Gasteiger partial charge in [-0.3, -0.25) is 4.79 Å². The highest BCUT2D eigenvalue weighted by atomic mass is 16.2. The minimum atomic E-state index is 0.262. The number of piperidine rings is 1. The first-order chi connectivity index (χ1) is 9.60. The smallest absolute Gasteiger partial charge is 0.227 e. The van der Waals surface area contributed by atoms with Gasteiger partial charge in [-0.25, -0.2) is 0 Å². The molecular weight excluding hydrogens is 248 g/mol. The predicted molar refractivity (Wildman–Crippen MR) is 84.0 cm³/mol. The van der Waals surface area contributed by atoms with Gasteiger partial charge in [-0.1, -0.05) is 12.1 Å². The lowest BCUT2D eigenvalue weighted by Gasteiger charge is -2.31. The highest BCUT2D eigenvalue weighted by molar-refractivity contribution is 5.93. The molecular formula is C17H26N2O. The van der Waals surface area contributed by atoms with Gasteiger partial charge in [0.2, 0.25) is 5.91 Å². The third kappa shape index (κ3) is 3.83. The predicted octanol–water partition coefficient (Wildman–Crippen LogP) is 3.08. The van der Waals surface area contributed by atoms with Crippen molar-refractivity contribution in [1.82, 2.24) is 4.90 Å². The number of carbonyl (C=O) groups is 1. The molecule has 1 aliphatic heterocycles. The summed E-state index contributed by atoms with van der Waals surface area (Å²) in [6.07, 6.45) is 3.07. The molecule has 1 amide bonds. The number of hydrogen-bond acceptors (Lipinski definition) is 2. The zero-order valence-electron chi connectivity index (χ0n) is 12.9. The molecule has 0 aliphatic carbocycles. The van der Waals surface area contributed by atoms with Gasteiger partial charge in [0.05, 0.1) is 0 Å². The molecule has 0 radical (unpaired) electrons. The van der Waals surface area contributed by atoms with Gasteiger partial charge in [0.25, 0.3) is 0 Å². The molecule has 1 heterocycles. The second kappa shape index (κ2) is 6.89. The normalized spacial score (nSPS) is 19.9. The maximum atomic E-state index is 12.6. The molecule has 0 bridgehead atoms. The Bertz CT molecular complexity index is 458. The average molecular weight is 274 g/mol. The summed E-state index contributed by atoms with van der Waals surface area (Å²) >= 11 is 0. The number of benzene rings is 1. The lowest BCUT2D eigenvalue weighted by Crippen LogP contribution is -2.37. The van der Waals surface area contributed by atoms with E-state index >= 15 is 0 Å². The summed E-state index contributed by atoms with van der Waals surface area (Å²) in [7, 11) is 2.15. The first-order valence-electron chi connectivity index (χ1n) is 7.65. The number of likely N-dealkylation sites (tertiary alicyclic amines) is 1. The van der Waals surface area contributed by atoms with E-state index in [1.807, 2.05) is 24.0 Å². The van der Waals surface area contributed by atoms with Crippen LogP contribution < -0.4 is 4.90 Å². The average Bonchev–Trinajstić information content (AvgIpc) is 2.39. The molecule has 110 valence electrons. The topological polar surface area (TPSA) is 23.6 Å². The monoisotopic (exact) mass is 274 g/mol. The van der Waals surface area contributed by atoms with Crippen LogP contribution >= 0.6 is 0 Å². The molecule has 1 aliphatic rings. The number of hydrogen-bond donors (Lipinski definition) is 0. The Kier molecular flexibility index (Phi) is 5.18. The van der Waals surface area contributed by atoms with Crippen LogP contribution in [-0.4, -0.2) is 37.5 Å². The Hall–Kier alpha value is -1.35. The lowest BCUT2D eigenvalue weighted by atomic mass is 9.94. The Morgan fingerprint density at radius 3 is 2.90 bits per heavy atom. The van der Waals surface area contributed by atoms with Crippen molar-refractivity contribution >= 4 is 11.6 Å². The van der Waals surface area contributed by atoms with Crippen molar-refractivity contribution in [2.45, 2.75) is 33.1 Å². The minimum Gasteiger partial charge on any atom is -0.313 e. The maximum absolute atomic E-state index is 12.6. The molecule has 3 nitrogen and oxygen atoms in total. The molecule has 1 atom stereocenters. The second-order valence-electron chi connectivity index (χ2n) is 5.95. The third-order valence-electron chi connectivity index (χ3n) is 4.12. The van der Waals surface area contributed by atoms with Crippen LogP contribution in [0.2, 0.25) is 0 Å². The Labute approximate surface area is 122 Å². The SMILES string of the molecule is CCN(C(=O)CC1CCCN(C)C1)c1cccc(C)c1. The number of aryl methyl sites for hydroxylation is 1. The van der Waals surface area contributed by atoms with Crippen molar-refractivity contribution in [3.8, 4) is 0 Å². The van der Waals surface area contributed by atoms with Crippen LogP contribution in [0.15, 0.2) is 24.3 Å². The highest BCUT2D eigenvalue weighted by Gasteiger charge is 2.23. The minimum absolute atomic E-state index is 0.262. The molecule has 0 N–H and O–H groups in total. The van der Waals surface area contributed by atoms with E-state index in [9.17, 15) is 4.79 Å². The van der Waals surface area contributed by atoms with Crippen LogP contribution in [0.3, 0.4) is 0 Å². The highest BCUT2D eigenvalue weighted by Crippen LogP contribution is 2.22. The van der Waals surface area contributed by atoms with Crippen molar-refractivity contribution in [2.75, 3.05) is 31.6 Å². The van der Waals surface area contributed by atoms with Crippen molar-refractivity contribution in [1.29, 1.82) is 0 Å². The van der Waals surface area contributed by atoms with Crippen molar-refractivity contribution in [2.24, 2.45) is 5.92 Å². The van der Waals surface area contributed by atoms with Crippen LogP contribution in [-0.2, 0) is 4.79 Å². The standard InChI is InChI=1S/C17H26N2O/c1-4-19(16-9-5-7-14(2)11-16)17(20)12-15-8-6-10-18(3)13-15/h5,7,9,11,15H,4,6,8,10,12-13H2,1-3H3. The summed E-state index contributed by atoms with van der Waals surface area (Å²) in [6.45, 7) is 7.08. The zero-order chi connectivity index (χ0) is 14.5. The fourth-order valence-electron chi connectivity index (χ4n) is 3.10. The molecule has 0 saturated carbocycles. The number of nitrogens with zero attached hydrogens (tertiary/aromatic N) is 2. The van der Waals surface area contributed by atoms with Gasteiger partial charge in [-0.2, -0.15) is 0 Å². The van der Waals surface area contributed by atoms with Crippen LogP contribution in [0.1, 0.15) is 31.7 Å². The van der Waals surface area contributed by atoms with Crippen molar-refractivity contribution < 1.29 is 4.79 Å². The Balaban J connectivity index is 2.02. The van der Waals surface area contributed by atoms with E-state index in [0.29, 0.717) is 12.3 Å². The van der Waals surface area contributed by atoms with Gasteiger partial charge < -0.3 is 9.80 Å². The van der Waals surface area contributed by atoms with Crippen molar-refractivity contribution in [3.05, 3.63) is 29.8 Å². The van der Waals surface area contributed by atoms with E-state index in [2.05, 4.69) is 31.0 Å². The van der Waals surface area contributed by atoms with Gasteiger partial charge in [0.15, 0.2) is 0 Å². The summed E-state index contributed by atoms with van der Waals surface area (Å²) in [5.74, 6) is 0.776. The molecule has 0 spiro atoms. The van der Waals surface area contributed by atoms with Crippen molar-refractivity contribution in [3.63, 3.8) is 0 Å². The first-order valence-corrected chi connectivity index (χ1v) is 7.65. The van der Waals surface area contributed by atoms with Gasteiger partial charge >= 0.3 is 0 Å². The molecule has 1 saturated heterocycles. The van der Waals surface area contributed by atoms with Crippen LogP contribution in [0.4, 0.5) is 5.69 Å². The summed E-state index contributed by atoms with van der Waals surface area (Å²) in [4.78, 5) is 16.8. The summed E-state index contributed by atoms with van der Waals surface area (Å²) < 4.78 is 0. The van der Waals surface area contributed by atoms with Gasteiger partial charge in [-0.15, -0.1) is 0 Å². The van der Waals surface area contributed by atoms with E-state index in [1.165, 1.54) is 24.9 Å². The van der Waals surface area contributed by atoms with Crippen LogP contribution in [0.25, 0.3) is 0 Å². The Morgan fingerprint density at radius 1 is 1.45 bits per heavy atom. The molecule has 20 heavy (non-hydrogen) atoms. The lowest BCUT2D eigenvalue weighted by molar-refractivity contribution is -0.119. The first kappa shape index (κ1) is 15.0.